The van der Waals surface area contributed by atoms with Gasteiger partial charge in [0.15, 0.2) is 0 Å². The molecule has 0 radical (unpaired) electrons. The van der Waals surface area contributed by atoms with Crippen molar-refractivity contribution < 1.29 is 8.42 Å². The fourth-order valence-electron chi connectivity index (χ4n) is 3.49. The highest BCUT2D eigenvalue weighted by Crippen LogP contribution is 2.32. The smallest absolute Gasteiger partial charge is 0.244 e. The molecule has 3 rings (SSSR count). The van der Waals surface area contributed by atoms with E-state index in [0.29, 0.717) is 23.5 Å². The summed E-state index contributed by atoms with van der Waals surface area (Å²) in [6, 6.07) is 2.77. The van der Waals surface area contributed by atoms with Crippen molar-refractivity contribution in [3.05, 3.63) is 18.5 Å². The van der Waals surface area contributed by atoms with Crippen LogP contribution < -0.4 is 5.32 Å². The first-order valence-electron chi connectivity index (χ1n) is 7.02. The maximum absolute atomic E-state index is 12.6. The van der Waals surface area contributed by atoms with Gasteiger partial charge >= 0.3 is 0 Å². The predicted molar refractivity (Wildman–Crippen MR) is 73.3 cm³/mol. The van der Waals surface area contributed by atoms with Gasteiger partial charge in [0.2, 0.25) is 10.0 Å². The highest BCUT2D eigenvalue weighted by atomic mass is 32.2. The van der Waals surface area contributed by atoms with Gasteiger partial charge in [-0.25, -0.2) is 8.42 Å². The number of aromatic nitrogens is 1. The van der Waals surface area contributed by atoms with E-state index in [1.54, 1.807) is 22.8 Å². The summed E-state index contributed by atoms with van der Waals surface area (Å²) in [4.78, 5) is 3.20. The van der Waals surface area contributed by atoms with Crippen molar-refractivity contribution in [2.24, 2.45) is 0 Å². The molecule has 5 nitrogen and oxygen atoms in total. The van der Waals surface area contributed by atoms with Gasteiger partial charge in [0.1, 0.15) is 0 Å². The molecule has 2 N–H and O–H groups in total. The topological polar surface area (TPSA) is 65.2 Å². The van der Waals surface area contributed by atoms with Crippen molar-refractivity contribution in [1.29, 1.82) is 0 Å². The molecule has 2 unspecified atom stereocenters. The van der Waals surface area contributed by atoms with Gasteiger partial charge in [-0.15, -0.1) is 0 Å². The van der Waals surface area contributed by atoms with Gasteiger partial charge in [-0.1, -0.05) is 6.92 Å². The van der Waals surface area contributed by atoms with Crippen molar-refractivity contribution in [1.82, 2.24) is 14.6 Å². The van der Waals surface area contributed by atoms with Crippen LogP contribution >= 0.6 is 0 Å². The van der Waals surface area contributed by atoms with E-state index >= 15 is 0 Å². The molecule has 0 aromatic carbocycles. The molecule has 1 aromatic heterocycles. The Morgan fingerprint density at radius 3 is 2.53 bits per heavy atom. The average molecular weight is 283 g/mol. The Morgan fingerprint density at radius 1 is 1.32 bits per heavy atom. The fraction of sp³-hybridized carbons (Fsp3) is 0.692. The first kappa shape index (κ1) is 13.1. The molecule has 2 aliphatic rings. The third-order valence-corrected chi connectivity index (χ3v) is 6.37. The van der Waals surface area contributed by atoms with Crippen LogP contribution in [0.3, 0.4) is 0 Å². The highest BCUT2D eigenvalue weighted by molar-refractivity contribution is 7.89. The molecule has 2 aliphatic heterocycles. The Kier molecular flexibility index (Phi) is 3.41. The lowest BCUT2D eigenvalue weighted by Gasteiger charge is -2.36. The highest BCUT2D eigenvalue weighted by Gasteiger charge is 2.39. The number of hydrogen-bond donors (Lipinski definition) is 2. The second kappa shape index (κ2) is 4.92. The fourth-order valence-corrected chi connectivity index (χ4v) is 5.12. The molecule has 2 bridgehead atoms. The second-order valence-corrected chi connectivity index (χ2v) is 7.41. The van der Waals surface area contributed by atoms with E-state index in [0.717, 1.165) is 12.8 Å². The lowest BCUT2D eigenvalue weighted by molar-refractivity contribution is 0.232. The molecule has 106 valence electrons. The third kappa shape index (κ3) is 2.32. The summed E-state index contributed by atoms with van der Waals surface area (Å²) in [5.41, 5.74) is 0. The SMILES string of the molecule is CCN(C1CC2CCC(C1)N2)S(=O)(=O)c1cc[nH]c1. The summed E-state index contributed by atoms with van der Waals surface area (Å²) >= 11 is 0. The zero-order chi connectivity index (χ0) is 13.5. The van der Waals surface area contributed by atoms with Crippen LogP contribution in [0.15, 0.2) is 23.4 Å². The van der Waals surface area contributed by atoms with Gasteiger partial charge < -0.3 is 10.3 Å². The number of nitrogens with zero attached hydrogens (tertiary/aromatic N) is 1. The van der Waals surface area contributed by atoms with Crippen molar-refractivity contribution in [2.75, 3.05) is 6.54 Å². The van der Waals surface area contributed by atoms with E-state index in [4.69, 9.17) is 0 Å². The standard InChI is InChI=1S/C13H21N3O2S/c1-2-16(19(17,18)13-5-6-14-9-13)12-7-10-3-4-11(8-12)15-10/h5-6,9-12,14-15H,2-4,7-8H2,1H3. The monoisotopic (exact) mass is 283 g/mol. The maximum Gasteiger partial charge on any atom is 0.244 e. The van der Waals surface area contributed by atoms with E-state index in [1.165, 1.54) is 12.8 Å². The Hall–Kier alpha value is -0.850. The number of piperidine rings is 1. The minimum Gasteiger partial charge on any atom is -0.366 e. The van der Waals surface area contributed by atoms with Crippen molar-refractivity contribution in [2.45, 2.75) is 55.6 Å². The van der Waals surface area contributed by atoms with Crippen LogP contribution in [0, 0.1) is 0 Å². The summed E-state index contributed by atoms with van der Waals surface area (Å²) in [5, 5.41) is 3.56. The van der Waals surface area contributed by atoms with E-state index in [9.17, 15) is 8.42 Å². The second-order valence-electron chi connectivity index (χ2n) is 5.52. The van der Waals surface area contributed by atoms with Gasteiger partial charge in [-0.2, -0.15) is 4.31 Å². The zero-order valence-corrected chi connectivity index (χ0v) is 12.0. The number of sulfonamides is 1. The summed E-state index contributed by atoms with van der Waals surface area (Å²) < 4.78 is 27.0. The molecule has 19 heavy (non-hydrogen) atoms. The lowest BCUT2D eigenvalue weighted by atomic mass is 10.00. The summed E-state index contributed by atoms with van der Waals surface area (Å²) in [5.74, 6) is 0. The third-order valence-electron chi connectivity index (χ3n) is 4.34. The lowest BCUT2D eigenvalue weighted by Crippen LogP contribution is -2.50. The van der Waals surface area contributed by atoms with E-state index < -0.39 is 10.0 Å². The number of nitrogens with one attached hydrogen (secondary N) is 2. The molecule has 0 saturated carbocycles. The Labute approximate surface area is 114 Å². The molecule has 0 aliphatic carbocycles. The van der Waals surface area contributed by atoms with E-state index in [2.05, 4.69) is 10.3 Å². The minimum absolute atomic E-state index is 0.142. The summed E-state index contributed by atoms with van der Waals surface area (Å²) in [6.45, 7) is 2.46. The molecule has 0 spiro atoms. The predicted octanol–water partition coefficient (Wildman–Crippen LogP) is 1.31. The van der Waals surface area contributed by atoms with E-state index in [1.807, 2.05) is 6.92 Å². The van der Waals surface area contributed by atoms with Gasteiger partial charge in [0.05, 0.1) is 4.90 Å². The number of fused-ring (bicyclic) bond motifs is 2. The molecule has 2 fully saturated rings. The van der Waals surface area contributed by atoms with Gasteiger partial charge in [-0.3, -0.25) is 0 Å². The number of hydrogen-bond acceptors (Lipinski definition) is 3. The summed E-state index contributed by atoms with van der Waals surface area (Å²) in [6.07, 6.45) is 7.47. The molecule has 1 aromatic rings. The van der Waals surface area contributed by atoms with E-state index in [-0.39, 0.29) is 6.04 Å². The van der Waals surface area contributed by atoms with Crippen LogP contribution in [0.25, 0.3) is 0 Å². The van der Waals surface area contributed by atoms with Crippen LogP contribution in [0.1, 0.15) is 32.6 Å². The number of aromatic amines is 1. The largest absolute Gasteiger partial charge is 0.366 e. The van der Waals surface area contributed by atoms with Gasteiger partial charge in [0.25, 0.3) is 0 Å². The van der Waals surface area contributed by atoms with Gasteiger partial charge in [0, 0.05) is 37.1 Å². The molecule has 6 heteroatoms. The minimum atomic E-state index is -3.35. The molecule has 0 amide bonds. The molecule has 2 saturated heterocycles. The Balaban J connectivity index is 1.85. The Bertz CT molecular complexity index is 514. The molecular formula is C13H21N3O2S. The van der Waals surface area contributed by atoms with Crippen molar-refractivity contribution in [3.8, 4) is 0 Å². The number of H-pyrrole nitrogens is 1. The van der Waals surface area contributed by atoms with Crippen LogP contribution in [0.2, 0.25) is 0 Å². The molecule has 2 atom stereocenters. The number of rotatable bonds is 4. The quantitative estimate of drug-likeness (QED) is 0.875. The van der Waals surface area contributed by atoms with Crippen LogP contribution in [0.4, 0.5) is 0 Å². The molecular weight excluding hydrogens is 262 g/mol. The van der Waals surface area contributed by atoms with Crippen molar-refractivity contribution >= 4 is 10.0 Å². The van der Waals surface area contributed by atoms with Crippen LogP contribution in [0.5, 0.6) is 0 Å². The van der Waals surface area contributed by atoms with Gasteiger partial charge in [-0.05, 0) is 31.7 Å². The molecule has 3 heterocycles. The van der Waals surface area contributed by atoms with Crippen LogP contribution in [-0.2, 0) is 10.0 Å². The Morgan fingerprint density at radius 2 is 2.00 bits per heavy atom. The normalized spacial score (nSPS) is 30.9. The van der Waals surface area contributed by atoms with Crippen molar-refractivity contribution in [3.63, 3.8) is 0 Å². The average Bonchev–Trinajstić information content (AvgIpc) is 3.00. The first-order chi connectivity index (χ1) is 9.11. The zero-order valence-electron chi connectivity index (χ0n) is 11.2. The first-order valence-corrected chi connectivity index (χ1v) is 8.46. The maximum atomic E-state index is 12.6. The summed E-state index contributed by atoms with van der Waals surface area (Å²) in [7, 11) is -3.35. The van der Waals surface area contributed by atoms with Crippen LogP contribution in [-0.4, -0.2) is 42.4 Å².